The molecule has 0 spiro atoms. The molecule has 0 aliphatic carbocycles. The van der Waals surface area contributed by atoms with Gasteiger partial charge in [0, 0.05) is 5.56 Å². The number of carbonyl (C=O) groups excluding carboxylic acids is 2. The van der Waals surface area contributed by atoms with Crippen LogP contribution in [0.5, 0.6) is 5.75 Å². The zero-order valence-corrected chi connectivity index (χ0v) is 15.9. The third-order valence-electron chi connectivity index (χ3n) is 4.86. The Balaban J connectivity index is 1.79. The van der Waals surface area contributed by atoms with Crippen LogP contribution in [0.2, 0.25) is 0 Å². The number of hydrogen-bond donors (Lipinski definition) is 1. The second-order valence-electron chi connectivity index (χ2n) is 6.66. The minimum absolute atomic E-state index is 0.0340. The van der Waals surface area contributed by atoms with Crippen LogP contribution in [-0.2, 0) is 11.3 Å². The number of aryl methyl sites for hydroxylation is 1. The van der Waals surface area contributed by atoms with E-state index in [4.69, 9.17) is 13.6 Å². The second-order valence-corrected chi connectivity index (χ2v) is 6.66. The van der Waals surface area contributed by atoms with Gasteiger partial charge in [-0.05, 0) is 37.3 Å². The van der Waals surface area contributed by atoms with E-state index in [1.165, 1.54) is 17.2 Å². The van der Waals surface area contributed by atoms with Crippen molar-refractivity contribution in [2.75, 3.05) is 7.11 Å². The summed E-state index contributed by atoms with van der Waals surface area (Å²) in [4.78, 5) is 27.3. The van der Waals surface area contributed by atoms with E-state index in [2.05, 4.69) is 0 Å². The molecule has 1 amide bonds. The van der Waals surface area contributed by atoms with Crippen LogP contribution in [0.4, 0.5) is 0 Å². The summed E-state index contributed by atoms with van der Waals surface area (Å²) in [5, 5.41) is 10.6. The lowest BCUT2D eigenvalue weighted by Crippen LogP contribution is -2.30. The van der Waals surface area contributed by atoms with E-state index in [0.29, 0.717) is 17.3 Å². The van der Waals surface area contributed by atoms with Crippen molar-refractivity contribution in [1.82, 2.24) is 4.90 Å². The summed E-state index contributed by atoms with van der Waals surface area (Å²) in [6, 6.07) is 12.8. The summed E-state index contributed by atoms with van der Waals surface area (Å²) in [5.41, 5.74) is 0.658. The Morgan fingerprint density at radius 3 is 2.62 bits per heavy atom. The summed E-state index contributed by atoms with van der Waals surface area (Å²) in [7, 11) is 1.54. The van der Waals surface area contributed by atoms with Crippen molar-refractivity contribution in [2.24, 2.45) is 0 Å². The SMILES string of the molecule is COc1ccccc1CN1C(=O)C(O)=C(C(=O)c2ccco2)C1c1ccc(C)o1. The van der Waals surface area contributed by atoms with Crippen molar-refractivity contribution in [3.05, 3.63) is 89.0 Å². The monoisotopic (exact) mass is 393 g/mol. The first-order chi connectivity index (χ1) is 14.0. The number of furan rings is 2. The van der Waals surface area contributed by atoms with Crippen molar-refractivity contribution in [3.8, 4) is 5.75 Å². The molecular weight excluding hydrogens is 374 g/mol. The highest BCUT2D eigenvalue weighted by Crippen LogP contribution is 2.41. The predicted octanol–water partition coefficient (Wildman–Crippen LogP) is 3.97. The van der Waals surface area contributed by atoms with Crippen LogP contribution in [-0.4, -0.2) is 28.8 Å². The number of para-hydroxylation sites is 1. The molecule has 7 nitrogen and oxygen atoms in total. The van der Waals surface area contributed by atoms with Gasteiger partial charge >= 0.3 is 0 Å². The number of rotatable bonds is 6. The Labute approximate surface area is 166 Å². The van der Waals surface area contributed by atoms with E-state index >= 15 is 0 Å². The molecule has 29 heavy (non-hydrogen) atoms. The Morgan fingerprint density at radius 1 is 1.17 bits per heavy atom. The quantitative estimate of drug-likeness (QED) is 0.637. The Bertz CT molecular complexity index is 1090. The molecule has 0 saturated heterocycles. The normalized spacial score (nSPS) is 16.6. The van der Waals surface area contributed by atoms with Gasteiger partial charge < -0.3 is 23.6 Å². The van der Waals surface area contributed by atoms with Gasteiger partial charge in [-0.1, -0.05) is 18.2 Å². The molecule has 3 heterocycles. The van der Waals surface area contributed by atoms with Crippen molar-refractivity contribution in [3.63, 3.8) is 0 Å². The van der Waals surface area contributed by atoms with Gasteiger partial charge in [0.25, 0.3) is 5.91 Å². The predicted molar refractivity (Wildman–Crippen MR) is 102 cm³/mol. The van der Waals surface area contributed by atoms with Gasteiger partial charge in [0.2, 0.25) is 5.78 Å². The topological polar surface area (TPSA) is 93.1 Å². The number of carbonyl (C=O) groups is 2. The van der Waals surface area contributed by atoms with E-state index in [-0.39, 0.29) is 17.9 Å². The number of ether oxygens (including phenoxy) is 1. The van der Waals surface area contributed by atoms with E-state index in [1.54, 1.807) is 38.3 Å². The number of hydrogen-bond acceptors (Lipinski definition) is 6. The van der Waals surface area contributed by atoms with Crippen LogP contribution >= 0.6 is 0 Å². The second kappa shape index (κ2) is 7.35. The summed E-state index contributed by atoms with van der Waals surface area (Å²) in [6.45, 7) is 1.88. The highest BCUT2D eigenvalue weighted by Gasteiger charge is 2.46. The third kappa shape index (κ3) is 3.20. The number of aliphatic hydroxyl groups excluding tert-OH is 1. The van der Waals surface area contributed by atoms with Crippen molar-refractivity contribution in [1.29, 1.82) is 0 Å². The van der Waals surface area contributed by atoms with Crippen LogP contribution in [0.15, 0.2) is 75.0 Å². The van der Waals surface area contributed by atoms with Crippen molar-refractivity contribution >= 4 is 11.7 Å². The van der Waals surface area contributed by atoms with Gasteiger partial charge in [-0.3, -0.25) is 9.59 Å². The highest BCUT2D eigenvalue weighted by atomic mass is 16.5. The van der Waals surface area contributed by atoms with E-state index in [0.717, 1.165) is 5.56 Å². The lowest BCUT2D eigenvalue weighted by molar-refractivity contribution is -0.130. The molecule has 2 aromatic heterocycles. The number of benzene rings is 1. The molecular formula is C22H19NO6. The first kappa shape index (κ1) is 18.6. The molecule has 7 heteroatoms. The van der Waals surface area contributed by atoms with Crippen LogP contribution in [0, 0.1) is 6.92 Å². The molecule has 4 rings (SSSR count). The number of Topliss-reactive ketones (excluding diaryl/α,β-unsaturated/α-hetero) is 1. The molecule has 1 aliphatic heterocycles. The smallest absolute Gasteiger partial charge is 0.290 e. The van der Waals surface area contributed by atoms with Gasteiger partial charge in [-0.25, -0.2) is 0 Å². The molecule has 1 aromatic carbocycles. The number of aliphatic hydroxyl groups is 1. The maximum Gasteiger partial charge on any atom is 0.290 e. The van der Waals surface area contributed by atoms with Crippen molar-refractivity contribution < 1.29 is 28.3 Å². The Morgan fingerprint density at radius 2 is 1.97 bits per heavy atom. The molecule has 1 aliphatic rings. The van der Waals surface area contributed by atoms with Gasteiger partial charge in [0.15, 0.2) is 11.5 Å². The summed E-state index contributed by atoms with van der Waals surface area (Å²) in [6.07, 6.45) is 1.36. The average Bonchev–Trinajstić information content (AvgIpc) is 3.45. The first-order valence-corrected chi connectivity index (χ1v) is 9.01. The zero-order chi connectivity index (χ0) is 20.5. The molecule has 3 aromatic rings. The minimum Gasteiger partial charge on any atom is -0.503 e. The molecule has 0 radical (unpaired) electrons. The molecule has 0 saturated carbocycles. The zero-order valence-electron chi connectivity index (χ0n) is 15.9. The Kier molecular flexibility index (Phi) is 4.72. The molecule has 0 fully saturated rings. The van der Waals surface area contributed by atoms with Crippen LogP contribution in [0.1, 0.15) is 33.7 Å². The fourth-order valence-electron chi connectivity index (χ4n) is 3.50. The molecule has 1 atom stereocenters. The number of nitrogens with zero attached hydrogens (tertiary/aromatic N) is 1. The summed E-state index contributed by atoms with van der Waals surface area (Å²) in [5.74, 6) is -0.204. The largest absolute Gasteiger partial charge is 0.503 e. The number of ketones is 1. The Hall–Kier alpha value is -3.74. The van der Waals surface area contributed by atoms with Crippen molar-refractivity contribution in [2.45, 2.75) is 19.5 Å². The molecule has 1 unspecified atom stereocenters. The molecule has 0 bridgehead atoms. The lowest BCUT2D eigenvalue weighted by atomic mass is 9.99. The molecule has 1 N–H and O–H groups in total. The first-order valence-electron chi connectivity index (χ1n) is 9.01. The number of amides is 1. The van der Waals surface area contributed by atoms with Crippen LogP contribution < -0.4 is 4.74 Å². The maximum absolute atomic E-state index is 13.0. The summed E-state index contributed by atoms with van der Waals surface area (Å²) >= 11 is 0. The van der Waals surface area contributed by atoms with Gasteiger partial charge in [-0.15, -0.1) is 0 Å². The van der Waals surface area contributed by atoms with Gasteiger partial charge in [0.1, 0.15) is 23.3 Å². The van der Waals surface area contributed by atoms with E-state index in [9.17, 15) is 14.7 Å². The van der Waals surface area contributed by atoms with Crippen LogP contribution in [0.3, 0.4) is 0 Å². The van der Waals surface area contributed by atoms with Gasteiger partial charge in [-0.2, -0.15) is 0 Å². The summed E-state index contributed by atoms with van der Waals surface area (Å²) < 4.78 is 16.3. The standard InChI is InChI=1S/C22H19NO6/c1-13-9-10-16(29-13)19-18(20(24)17-8-5-11-28-17)21(25)22(26)23(19)12-14-6-3-4-7-15(14)27-2/h3-11,19,25H,12H2,1-2H3. The fraction of sp³-hybridized carbons (Fsp3) is 0.182. The fourth-order valence-corrected chi connectivity index (χ4v) is 3.50. The maximum atomic E-state index is 13.0. The highest BCUT2D eigenvalue weighted by molar-refractivity contribution is 6.14. The minimum atomic E-state index is -0.890. The molecule has 148 valence electrons. The lowest BCUT2D eigenvalue weighted by Gasteiger charge is -2.25. The van der Waals surface area contributed by atoms with Crippen LogP contribution in [0.25, 0.3) is 0 Å². The van der Waals surface area contributed by atoms with E-state index < -0.39 is 23.5 Å². The van der Waals surface area contributed by atoms with Gasteiger partial charge in [0.05, 0.1) is 25.5 Å². The average molecular weight is 393 g/mol. The number of methoxy groups -OCH3 is 1. The van der Waals surface area contributed by atoms with E-state index in [1.807, 2.05) is 18.2 Å². The third-order valence-corrected chi connectivity index (χ3v) is 4.86.